The molecule has 1 unspecified atom stereocenters. The van der Waals surface area contributed by atoms with Gasteiger partial charge in [-0.1, -0.05) is 35.9 Å². The summed E-state index contributed by atoms with van der Waals surface area (Å²) >= 11 is 6.04. The summed E-state index contributed by atoms with van der Waals surface area (Å²) in [5.41, 5.74) is 0.768. The van der Waals surface area contributed by atoms with E-state index in [-0.39, 0.29) is 6.42 Å². The number of hydrogen-bond donors (Lipinski definition) is 1. The molecule has 2 aromatic rings. The van der Waals surface area contributed by atoms with Gasteiger partial charge in [0.15, 0.2) is 6.10 Å². The molecule has 0 amide bonds. The van der Waals surface area contributed by atoms with Gasteiger partial charge in [0, 0.05) is 6.42 Å². The molecule has 0 saturated heterocycles. The molecule has 0 fully saturated rings. The largest absolute Gasteiger partial charge is 0.495 e. The van der Waals surface area contributed by atoms with Crippen molar-refractivity contribution >= 4 is 17.6 Å². The molecule has 0 radical (unpaired) electrons. The van der Waals surface area contributed by atoms with Crippen LogP contribution < -0.4 is 9.47 Å². The predicted octanol–water partition coefficient (Wildman–Crippen LogP) is 3.42. The minimum Gasteiger partial charge on any atom is -0.495 e. The summed E-state index contributed by atoms with van der Waals surface area (Å²) in [5, 5.41) is 9.73. The van der Waals surface area contributed by atoms with E-state index >= 15 is 0 Å². The van der Waals surface area contributed by atoms with Crippen LogP contribution >= 0.6 is 11.6 Å². The summed E-state index contributed by atoms with van der Waals surface area (Å²) < 4.78 is 10.6. The lowest BCUT2D eigenvalue weighted by molar-refractivity contribution is -0.145. The lowest BCUT2D eigenvalue weighted by atomic mass is 10.1. The van der Waals surface area contributed by atoms with Crippen molar-refractivity contribution in [2.75, 3.05) is 7.11 Å². The third-order valence-corrected chi connectivity index (χ3v) is 3.23. The molecule has 0 bridgehead atoms. The summed E-state index contributed by atoms with van der Waals surface area (Å²) in [6.07, 6.45) is -0.759. The third kappa shape index (κ3) is 4.13. The third-order valence-electron chi connectivity index (χ3n) is 2.93. The lowest BCUT2D eigenvalue weighted by Gasteiger charge is -2.15. The Kier molecular flexibility index (Phi) is 5.06. The number of ether oxygens (including phenoxy) is 2. The number of benzene rings is 2. The van der Waals surface area contributed by atoms with Crippen molar-refractivity contribution in [1.29, 1.82) is 0 Å². The molecule has 5 heteroatoms. The van der Waals surface area contributed by atoms with Gasteiger partial charge in [-0.3, -0.25) is 0 Å². The zero-order valence-electron chi connectivity index (χ0n) is 11.5. The predicted molar refractivity (Wildman–Crippen MR) is 80.2 cm³/mol. The molecule has 110 valence electrons. The van der Waals surface area contributed by atoms with Crippen LogP contribution in [0.5, 0.6) is 11.5 Å². The van der Waals surface area contributed by atoms with Crippen LogP contribution in [-0.4, -0.2) is 24.3 Å². The highest BCUT2D eigenvalue weighted by Crippen LogP contribution is 2.26. The monoisotopic (exact) mass is 306 g/mol. The minimum absolute atomic E-state index is 0.216. The van der Waals surface area contributed by atoms with Gasteiger partial charge < -0.3 is 14.6 Å². The Morgan fingerprint density at radius 3 is 2.52 bits per heavy atom. The Hall–Kier alpha value is -2.20. The number of carboxylic acid groups (broad SMARTS) is 1. The number of carboxylic acids is 1. The van der Waals surface area contributed by atoms with Crippen LogP contribution in [0, 0.1) is 0 Å². The van der Waals surface area contributed by atoms with Crippen LogP contribution in [0.15, 0.2) is 48.5 Å². The Bertz CT molecular complexity index is 613. The van der Waals surface area contributed by atoms with E-state index < -0.39 is 12.1 Å². The molecule has 0 heterocycles. The van der Waals surface area contributed by atoms with Crippen molar-refractivity contribution in [3.63, 3.8) is 0 Å². The Morgan fingerprint density at radius 1 is 1.24 bits per heavy atom. The molecule has 0 spiro atoms. The summed E-state index contributed by atoms with van der Waals surface area (Å²) in [6.45, 7) is 0. The van der Waals surface area contributed by atoms with Gasteiger partial charge in [-0.2, -0.15) is 0 Å². The Balaban J connectivity index is 2.13. The van der Waals surface area contributed by atoms with E-state index in [1.807, 2.05) is 6.07 Å². The van der Waals surface area contributed by atoms with Crippen LogP contribution in [0.1, 0.15) is 5.56 Å². The molecular formula is C16H15ClO4. The van der Waals surface area contributed by atoms with Crippen molar-refractivity contribution in [2.24, 2.45) is 0 Å². The molecule has 21 heavy (non-hydrogen) atoms. The highest BCUT2D eigenvalue weighted by atomic mass is 35.5. The Morgan fingerprint density at radius 2 is 1.95 bits per heavy atom. The smallest absolute Gasteiger partial charge is 0.345 e. The molecule has 2 aromatic carbocycles. The molecule has 0 aromatic heterocycles. The minimum atomic E-state index is -1.02. The molecule has 2 rings (SSSR count). The molecule has 4 nitrogen and oxygen atoms in total. The molecule has 1 N–H and O–H groups in total. The average molecular weight is 307 g/mol. The quantitative estimate of drug-likeness (QED) is 0.888. The second-order valence-corrected chi connectivity index (χ2v) is 4.84. The summed E-state index contributed by atoms with van der Waals surface area (Å²) in [4.78, 5) is 11.3. The van der Waals surface area contributed by atoms with Gasteiger partial charge in [0.25, 0.3) is 0 Å². The van der Waals surface area contributed by atoms with Gasteiger partial charge in [0.05, 0.1) is 12.1 Å². The first-order valence-electron chi connectivity index (χ1n) is 6.37. The van der Waals surface area contributed by atoms with E-state index in [1.165, 1.54) is 7.11 Å². The normalized spacial score (nSPS) is 11.7. The van der Waals surface area contributed by atoms with Crippen molar-refractivity contribution < 1.29 is 19.4 Å². The second-order valence-electron chi connectivity index (χ2n) is 4.43. The van der Waals surface area contributed by atoms with Crippen LogP contribution in [-0.2, 0) is 11.2 Å². The zero-order chi connectivity index (χ0) is 15.2. The number of methoxy groups -OCH3 is 1. The summed E-state index contributed by atoms with van der Waals surface area (Å²) in [6, 6.07) is 14.0. The summed E-state index contributed by atoms with van der Waals surface area (Å²) in [5.74, 6) is 0.0478. The van der Waals surface area contributed by atoms with E-state index in [1.54, 1.807) is 42.5 Å². The molecule has 0 saturated carbocycles. The van der Waals surface area contributed by atoms with E-state index in [0.717, 1.165) is 5.56 Å². The molecule has 0 aliphatic heterocycles. The maximum Gasteiger partial charge on any atom is 0.345 e. The molecule has 0 aliphatic rings. The first kappa shape index (κ1) is 15.2. The average Bonchev–Trinajstić information content (AvgIpc) is 2.48. The van der Waals surface area contributed by atoms with Crippen molar-refractivity contribution in [1.82, 2.24) is 0 Å². The van der Waals surface area contributed by atoms with Crippen LogP contribution in [0.3, 0.4) is 0 Å². The number of carbonyl (C=O) groups is 1. The zero-order valence-corrected chi connectivity index (χ0v) is 12.2. The van der Waals surface area contributed by atoms with E-state index in [0.29, 0.717) is 16.5 Å². The lowest BCUT2D eigenvalue weighted by Crippen LogP contribution is -2.29. The standard InChI is InChI=1S/C16H15ClO4/c1-20-14-8-7-11(9-13(14)17)10-15(16(18)19)21-12-5-3-2-4-6-12/h2-9,15H,10H2,1H3,(H,18,19). The van der Waals surface area contributed by atoms with Gasteiger partial charge in [-0.25, -0.2) is 4.79 Å². The fourth-order valence-electron chi connectivity index (χ4n) is 1.89. The van der Waals surface area contributed by atoms with Gasteiger partial charge in [-0.15, -0.1) is 0 Å². The first-order chi connectivity index (χ1) is 10.1. The molecular weight excluding hydrogens is 292 g/mol. The highest BCUT2D eigenvalue weighted by molar-refractivity contribution is 6.32. The van der Waals surface area contributed by atoms with E-state index in [4.69, 9.17) is 21.1 Å². The number of hydrogen-bond acceptors (Lipinski definition) is 3. The second kappa shape index (κ2) is 6.99. The van der Waals surface area contributed by atoms with Crippen LogP contribution in [0.2, 0.25) is 5.02 Å². The van der Waals surface area contributed by atoms with Crippen molar-refractivity contribution in [3.8, 4) is 11.5 Å². The first-order valence-corrected chi connectivity index (χ1v) is 6.75. The SMILES string of the molecule is COc1ccc(CC(Oc2ccccc2)C(=O)O)cc1Cl. The van der Waals surface area contributed by atoms with Crippen LogP contribution in [0.4, 0.5) is 0 Å². The van der Waals surface area contributed by atoms with Crippen molar-refractivity contribution in [3.05, 3.63) is 59.1 Å². The van der Waals surface area contributed by atoms with Gasteiger partial charge in [0.2, 0.25) is 0 Å². The highest BCUT2D eigenvalue weighted by Gasteiger charge is 2.20. The molecule has 1 atom stereocenters. The van der Waals surface area contributed by atoms with E-state index in [9.17, 15) is 9.90 Å². The summed E-state index contributed by atoms with van der Waals surface area (Å²) in [7, 11) is 1.53. The van der Waals surface area contributed by atoms with Crippen LogP contribution in [0.25, 0.3) is 0 Å². The Labute approximate surface area is 127 Å². The topological polar surface area (TPSA) is 55.8 Å². The van der Waals surface area contributed by atoms with Gasteiger partial charge >= 0.3 is 5.97 Å². The van der Waals surface area contributed by atoms with Gasteiger partial charge in [-0.05, 0) is 29.8 Å². The molecule has 0 aliphatic carbocycles. The van der Waals surface area contributed by atoms with Crippen molar-refractivity contribution in [2.45, 2.75) is 12.5 Å². The fourth-order valence-corrected chi connectivity index (χ4v) is 2.17. The fraction of sp³-hybridized carbons (Fsp3) is 0.188. The maximum absolute atomic E-state index is 11.3. The van der Waals surface area contributed by atoms with E-state index in [2.05, 4.69) is 0 Å². The number of halogens is 1. The number of para-hydroxylation sites is 1. The van der Waals surface area contributed by atoms with Gasteiger partial charge in [0.1, 0.15) is 11.5 Å². The maximum atomic E-state index is 11.3. The number of rotatable bonds is 6. The number of aliphatic carboxylic acids is 1.